The molecule has 0 saturated carbocycles. The summed E-state index contributed by atoms with van der Waals surface area (Å²) >= 11 is 5.78. The highest BCUT2D eigenvalue weighted by Crippen LogP contribution is 2.31. The predicted octanol–water partition coefficient (Wildman–Crippen LogP) is 2.74. The summed E-state index contributed by atoms with van der Waals surface area (Å²) in [5, 5.41) is 37.4. The van der Waals surface area contributed by atoms with Crippen LogP contribution in [0.1, 0.15) is 31.8 Å². The summed E-state index contributed by atoms with van der Waals surface area (Å²) in [7, 11) is 0. The van der Waals surface area contributed by atoms with Gasteiger partial charge in [0, 0.05) is 6.42 Å². The van der Waals surface area contributed by atoms with Gasteiger partial charge in [0.2, 0.25) is 0 Å². The van der Waals surface area contributed by atoms with Crippen LogP contribution < -0.4 is 0 Å². The largest absolute Gasteiger partial charge is 0.507 e. The van der Waals surface area contributed by atoms with Crippen LogP contribution in [0, 0.1) is 0 Å². The van der Waals surface area contributed by atoms with Crippen molar-refractivity contribution in [1.29, 1.82) is 0 Å². The van der Waals surface area contributed by atoms with Crippen molar-refractivity contribution in [1.82, 2.24) is 0 Å². The molecule has 0 radical (unpaired) electrons. The van der Waals surface area contributed by atoms with E-state index in [4.69, 9.17) is 21.8 Å². The molecule has 0 amide bonds. The SMILES string of the molecule is O=C(O)c1cc(Cc2cccc(C(=O)O)c2O)cc(Cl)c1O. The van der Waals surface area contributed by atoms with Gasteiger partial charge in [0.25, 0.3) is 0 Å². The lowest BCUT2D eigenvalue weighted by atomic mass is 9.99. The second-order valence-electron chi connectivity index (χ2n) is 4.57. The molecule has 114 valence electrons. The number of phenols is 2. The van der Waals surface area contributed by atoms with Crippen LogP contribution in [0.25, 0.3) is 0 Å². The second-order valence-corrected chi connectivity index (χ2v) is 4.98. The maximum absolute atomic E-state index is 11.0. The zero-order valence-corrected chi connectivity index (χ0v) is 11.8. The Morgan fingerprint density at radius 2 is 1.59 bits per heavy atom. The first kappa shape index (κ1) is 15.7. The number of hydrogen-bond donors (Lipinski definition) is 4. The Balaban J connectivity index is 2.46. The monoisotopic (exact) mass is 322 g/mol. The molecule has 0 unspecified atom stereocenters. The van der Waals surface area contributed by atoms with Crippen LogP contribution in [0.15, 0.2) is 30.3 Å². The molecule has 0 aromatic heterocycles. The first-order chi connectivity index (χ1) is 10.3. The number of halogens is 1. The third-order valence-electron chi connectivity index (χ3n) is 3.10. The van der Waals surface area contributed by atoms with Gasteiger partial charge in [0.15, 0.2) is 0 Å². The average molecular weight is 323 g/mol. The van der Waals surface area contributed by atoms with Gasteiger partial charge in [0.05, 0.1) is 5.02 Å². The Morgan fingerprint density at radius 3 is 2.18 bits per heavy atom. The minimum absolute atomic E-state index is 0.0627. The van der Waals surface area contributed by atoms with Gasteiger partial charge in [-0.1, -0.05) is 23.7 Å². The number of para-hydroxylation sites is 1. The molecular formula is C15H11ClO6. The van der Waals surface area contributed by atoms with Crippen LogP contribution in [0.2, 0.25) is 5.02 Å². The quantitative estimate of drug-likeness (QED) is 0.688. The fourth-order valence-electron chi connectivity index (χ4n) is 2.05. The van der Waals surface area contributed by atoms with E-state index in [0.717, 1.165) is 0 Å². The van der Waals surface area contributed by atoms with Crippen LogP contribution >= 0.6 is 11.6 Å². The molecule has 0 aliphatic rings. The van der Waals surface area contributed by atoms with Crippen molar-refractivity contribution >= 4 is 23.5 Å². The highest BCUT2D eigenvalue weighted by molar-refractivity contribution is 6.32. The smallest absolute Gasteiger partial charge is 0.339 e. The average Bonchev–Trinajstić information content (AvgIpc) is 2.44. The van der Waals surface area contributed by atoms with Gasteiger partial charge >= 0.3 is 11.9 Å². The van der Waals surface area contributed by atoms with E-state index in [9.17, 15) is 19.8 Å². The molecular weight excluding hydrogens is 312 g/mol. The molecule has 0 bridgehead atoms. The number of carbonyl (C=O) groups is 2. The van der Waals surface area contributed by atoms with E-state index in [0.29, 0.717) is 11.1 Å². The summed E-state index contributed by atoms with van der Waals surface area (Å²) in [6.07, 6.45) is 0.0627. The molecule has 0 heterocycles. The van der Waals surface area contributed by atoms with Crippen LogP contribution in [0.4, 0.5) is 0 Å². The summed E-state index contributed by atoms with van der Waals surface area (Å²) in [5.41, 5.74) is 0.105. The number of rotatable bonds is 4. The second kappa shape index (κ2) is 5.95. The summed E-state index contributed by atoms with van der Waals surface area (Å²) in [4.78, 5) is 22.0. The number of aromatic hydroxyl groups is 2. The number of carboxylic acids is 2. The molecule has 2 rings (SSSR count). The van der Waals surface area contributed by atoms with Crippen molar-refractivity contribution in [3.63, 3.8) is 0 Å². The molecule has 4 N–H and O–H groups in total. The molecule has 22 heavy (non-hydrogen) atoms. The Kier molecular flexibility index (Phi) is 4.23. The van der Waals surface area contributed by atoms with Gasteiger partial charge in [-0.25, -0.2) is 9.59 Å². The number of hydrogen-bond acceptors (Lipinski definition) is 4. The van der Waals surface area contributed by atoms with Crippen LogP contribution in [-0.2, 0) is 6.42 Å². The summed E-state index contributed by atoms with van der Waals surface area (Å²) in [6.45, 7) is 0. The van der Waals surface area contributed by atoms with E-state index >= 15 is 0 Å². The van der Waals surface area contributed by atoms with E-state index in [1.165, 1.54) is 30.3 Å². The fraction of sp³-hybridized carbons (Fsp3) is 0.0667. The molecule has 0 atom stereocenters. The lowest BCUT2D eigenvalue weighted by Gasteiger charge is -2.10. The molecule has 0 aliphatic heterocycles. The molecule has 0 aliphatic carbocycles. The van der Waals surface area contributed by atoms with Crippen molar-refractivity contribution < 1.29 is 30.0 Å². The van der Waals surface area contributed by atoms with Gasteiger partial charge in [-0.15, -0.1) is 0 Å². The number of benzene rings is 2. The van der Waals surface area contributed by atoms with Crippen molar-refractivity contribution in [3.8, 4) is 11.5 Å². The lowest BCUT2D eigenvalue weighted by molar-refractivity contribution is 0.0682. The zero-order chi connectivity index (χ0) is 16.4. The van der Waals surface area contributed by atoms with Crippen LogP contribution in [-0.4, -0.2) is 32.4 Å². The minimum Gasteiger partial charge on any atom is -0.507 e. The minimum atomic E-state index is -1.34. The van der Waals surface area contributed by atoms with E-state index in [1.54, 1.807) is 0 Å². The third-order valence-corrected chi connectivity index (χ3v) is 3.39. The summed E-state index contributed by atoms with van der Waals surface area (Å²) < 4.78 is 0. The normalized spacial score (nSPS) is 10.4. The van der Waals surface area contributed by atoms with Gasteiger partial charge < -0.3 is 20.4 Å². The highest BCUT2D eigenvalue weighted by Gasteiger charge is 2.17. The summed E-state index contributed by atoms with van der Waals surface area (Å²) in [6, 6.07) is 6.82. The molecule has 2 aromatic rings. The molecule has 2 aromatic carbocycles. The third kappa shape index (κ3) is 2.96. The first-order valence-corrected chi connectivity index (χ1v) is 6.48. The molecule has 0 fully saturated rings. The van der Waals surface area contributed by atoms with Crippen LogP contribution in [0.5, 0.6) is 11.5 Å². The van der Waals surface area contributed by atoms with E-state index < -0.39 is 23.4 Å². The standard InChI is InChI=1S/C15H11ClO6/c16-11-6-7(5-10(13(11)18)15(21)22)4-8-2-1-3-9(12(8)17)14(19)20/h1-3,5-6,17-18H,4H2,(H,19,20)(H,21,22). The van der Waals surface area contributed by atoms with Crippen molar-refractivity contribution in [2.45, 2.75) is 6.42 Å². The highest BCUT2D eigenvalue weighted by atomic mass is 35.5. The van der Waals surface area contributed by atoms with Crippen molar-refractivity contribution in [2.24, 2.45) is 0 Å². The molecule has 0 saturated heterocycles. The Hall–Kier alpha value is -2.73. The molecule has 7 heteroatoms. The zero-order valence-electron chi connectivity index (χ0n) is 11.1. The maximum Gasteiger partial charge on any atom is 0.339 e. The summed E-state index contributed by atoms with van der Waals surface area (Å²) in [5.74, 6) is -3.54. The maximum atomic E-state index is 11.0. The van der Waals surface area contributed by atoms with E-state index in [2.05, 4.69) is 0 Å². The predicted molar refractivity (Wildman–Crippen MR) is 77.9 cm³/mol. The van der Waals surface area contributed by atoms with E-state index in [-0.39, 0.29) is 22.6 Å². The van der Waals surface area contributed by atoms with Gasteiger partial charge in [-0.05, 0) is 29.3 Å². The number of aromatic carboxylic acids is 2. The van der Waals surface area contributed by atoms with Crippen molar-refractivity contribution in [3.05, 3.63) is 57.6 Å². The van der Waals surface area contributed by atoms with Gasteiger partial charge in [-0.3, -0.25) is 0 Å². The fourth-order valence-corrected chi connectivity index (χ4v) is 2.29. The Labute approximate surface area is 129 Å². The van der Waals surface area contributed by atoms with Gasteiger partial charge in [0.1, 0.15) is 22.6 Å². The van der Waals surface area contributed by atoms with E-state index in [1.807, 2.05) is 0 Å². The first-order valence-electron chi connectivity index (χ1n) is 6.10. The van der Waals surface area contributed by atoms with Crippen molar-refractivity contribution in [2.75, 3.05) is 0 Å². The Bertz CT molecular complexity index is 769. The molecule has 0 spiro atoms. The molecule has 6 nitrogen and oxygen atoms in total. The Morgan fingerprint density at radius 1 is 0.955 bits per heavy atom. The van der Waals surface area contributed by atoms with Crippen LogP contribution in [0.3, 0.4) is 0 Å². The lowest BCUT2D eigenvalue weighted by Crippen LogP contribution is -2.02. The number of carboxylic acid groups (broad SMARTS) is 2. The van der Waals surface area contributed by atoms with Gasteiger partial charge in [-0.2, -0.15) is 0 Å². The topological polar surface area (TPSA) is 115 Å².